The van der Waals surface area contributed by atoms with E-state index in [-0.39, 0.29) is 11.9 Å². The van der Waals surface area contributed by atoms with E-state index in [1.807, 2.05) is 34.9 Å². The number of carbonyl (C=O) groups excluding carboxylic acids is 1. The first-order valence-corrected chi connectivity index (χ1v) is 7.87. The first-order valence-electron chi connectivity index (χ1n) is 7.49. The molecule has 21 heavy (non-hydrogen) atoms. The van der Waals surface area contributed by atoms with Crippen molar-refractivity contribution in [3.05, 3.63) is 41.2 Å². The average molecular weight is 304 g/mol. The molecule has 4 nitrogen and oxygen atoms in total. The smallest absolute Gasteiger partial charge is 0.253 e. The largest absolute Gasteiger partial charge is 0.348 e. The molecule has 0 spiro atoms. The maximum absolute atomic E-state index is 12.4. The molecule has 2 saturated heterocycles. The number of rotatable bonds is 2. The molecule has 0 radical (unpaired) electrons. The quantitative estimate of drug-likeness (QED) is 0.925. The summed E-state index contributed by atoms with van der Waals surface area (Å²) >= 11 is 6.11. The van der Waals surface area contributed by atoms with Crippen molar-refractivity contribution in [3.8, 4) is 0 Å². The molecule has 5 heteroatoms. The molecule has 2 aliphatic rings. The molecule has 2 fully saturated rings. The Morgan fingerprint density at radius 1 is 1.24 bits per heavy atom. The zero-order valence-corrected chi connectivity index (χ0v) is 12.5. The van der Waals surface area contributed by atoms with Gasteiger partial charge in [-0.25, -0.2) is 0 Å². The molecular weight excluding hydrogens is 286 g/mol. The van der Waals surface area contributed by atoms with Crippen LogP contribution in [0.1, 0.15) is 23.2 Å². The Morgan fingerprint density at radius 2 is 2.10 bits per heavy atom. The second-order valence-electron chi connectivity index (χ2n) is 6.19. The summed E-state index contributed by atoms with van der Waals surface area (Å²) in [5, 5.41) is 3.80. The summed E-state index contributed by atoms with van der Waals surface area (Å²) in [5.74, 6) is 0.750. The van der Waals surface area contributed by atoms with E-state index in [0.29, 0.717) is 10.7 Å². The second-order valence-corrected chi connectivity index (χ2v) is 6.58. The van der Waals surface area contributed by atoms with Crippen LogP contribution >= 0.6 is 11.6 Å². The van der Waals surface area contributed by atoms with E-state index in [4.69, 9.17) is 11.6 Å². The lowest BCUT2D eigenvalue weighted by Gasteiger charge is -2.30. The van der Waals surface area contributed by atoms with Gasteiger partial charge in [-0.05, 0) is 49.6 Å². The number of fused-ring (bicyclic) bond motifs is 3. The fourth-order valence-electron chi connectivity index (χ4n) is 3.63. The Labute approximate surface area is 128 Å². The number of amides is 1. The summed E-state index contributed by atoms with van der Waals surface area (Å²) in [6, 6.07) is 7.84. The fraction of sp³-hybridized carbons (Fsp3) is 0.438. The standard InChI is InChI=1S/C16H18ClN3O/c17-15-4-3-14-2-1-12(9-20(14)15)16(21)18-13-7-11-5-6-19(8-11)10-13/h1-4,9,11,13H,5-8,10H2,(H,18,21)/t11?,13-/m1/s1. The molecule has 4 heterocycles. The van der Waals surface area contributed by atoms with Crippen molar-refractivity contribution in [2.45, 2.75) is 18.9 Å². The van der Waals surface area contributed by atoms with Crippen molar-refractivity contribution >= 4 is 23.0 Å². The number of nitrogens with zero attached hydrogens (tertiary/aromatic N) is 2. The zero-order valence-electron chi connectivity index (χ0n) is 11.8. The number of nitrogens with one attached hydrogen (secondary N) is 1. The van der Waals surface area contributed by atoms with Crippen molar-refractivity contribution in [3.63, 3.8) is 0 Å². The van der Waals surface area contributed by atoms with Crippen LogP contribution in [0, 0.1) is 5.92 Å². The van der Waals surface area contributed by atoms with Crippen LogP contribution in [0.5, 0.6) is 0 Å². The van der Waals surface area contributed by atoms with Crippen LogP contribution in [0.3, 0.4) is 0 Å². The molecule has 2 aromatic rings. The number of aromatic nitrogens is 1. The number of pyridine rings is 1. The molecule has 0 aliphatic carbocycles. The van der Waals surface area contributed by atoms with Gasteiger partial charge in [0.1, 0.15) is 5.15 Å². The summed E-state index contributed by atoms with van der Waals surface area (Å²) < 4.78 is 1.84. The van der Waals surface area contributed by atoms with Gasteiger partial charge in [-0.3, -0.25) is 4.79 Å². The summed E-state index contributed by atoms with van der Waals surface area (Å²) in [4.78, 5) is 14.9. The Morgan fingerprint density at radius 3 is 2.95 bits per heavy atom. The highest BCUT2D eigenvalue weighted by molar-refractivity contribution is 6.30. The SMILES string of the molecule is O=C(N[C@@H]1CC2CCN(C2)C1)c1ccc2ccc(Cl)n2c1. The fourth-order valence-corrected chi connectivity index (χ4v) is 3.84. The van der Waals surface area contributed by atoms with E-state index < -0.39 is 0 Å². The van der Waals surface area contributed by atoms with Crippen LogP contribution in [-0.2, 0) is 0 Å². The molecule has 2 bridgehead atoms. The number of carbonyl (C=O) groups is 1. The van der Waals surface area contributed by atoms with Gasteiger partial charge in [-0.1, -0.05) is 11.6 Å². The lowest BCUT2D eigenvalue weighted by Crippen LogP contribution is -2.47. The predicted molar refractivity (Wildman–Crippen MR) is 82.8 cm³/mol. The molecule has 0 saturated carbocycles. The topological polar surface area (TPSA) is 36.8 Å². The molecule has 3 atom stereocenters. The van der Waals surface area contributed by atoms with Gasteiger partial charge in [-0.2, -0.15) is 0 Å². The van der Waals surface area contributed by atoms with E-state index in [9.17, 15) is 4.79 Å². The monoisotopic (exact) mass is 303 g/mol. The van der Waals surface area contributed by atoms with Crippen LogP contribution in [0.25, 0.3) is 5.52 Å². The summed E-state index contributed by atoms with van der Waals surface area (Å²) in [5.41, 5.74) is 1.66. The first-order chi connectivity index (χ1) is 10.2. The van der Waals surface area contributed by atoms with Gasteiger partial charge in [0, 0.05) is 30.8 Å². The lowest BCUT2D eigenvalue weighted by molar-refractivity contribution is 0.0909. The molecule has 4 rings (SSSR count). The van der Waals surface area contributed by atoms with Crippen LogP contribution in [0.15, 0.2) is 30.5 Å². The average Bonchev–Trinajstić information content (AvgIpc) is 3.02. The van der Waals surface area contributed by atoms with Crippen molar-refractivity contribution in [1.82, 2.24) is 14.6 Å². The third-order valence-electron chi connectivity index (χ3n) is 4.67. The number of piperidine rings is 1. The molecule has 1 amide bonds. The van der Waals surface area contributed by atoms with Crippen molar-refractivity contribution in [1.29, 1.82) is 0 Å². The van der Waals surface area contributed by atoms with Crippen molar-refractivity contribution in [2.24, 2.45) is 5.92 Å². The van der Waals surface area contributed by atoms with Crippen molar-refractivity contribution < 1.29 is 4.79 Å². The van der Waals surface area contributed by atoms with Crippen LogP contribution in [0.4, 0.5) is 0 Å². The van der Waals surface area contributed by atoms with Crippen molar-refractivity contribution in [2.75, 3.05) is 19.6 Å². The van der Waals surface area contributed by atoms with Gasteiger partial charge in [0.25, 0.3) is 5.91 Å². The third kappa shape index (κ3) is 2.43. The van der Waals surface area contributed by atoms with Crippen LogP contribution in [0.2, 0.25) is 5.15 Å². The molecule has 1 N–H and O–H groups in total. The van der Waals surface area contributed by atoms with E-state index in [1.54, 1.807) is 0 Å². The summed E-state index contributed by atoms with van der Waals surface area (Å²) in [6.45, 7) is 3.37. The highest BCUT2D eigenvalue weighted by Crippen LogP contribution is 2.27. The lowest BCUT2D eigenvalue weighted by atomic mass is 9.96. The Balaban J connectivity index is 1.52. The van der Waals surface area contributed by atoms with E-state index >= 15 is 0 Å². The third-order valence-corrected chi connectivity index (χ3v) is 4.97. The molecule has 2 aliphatic heterocycles. The zero-order chi connectivity index (χ0) is 14.4. The number of halogens is 1. The van der Waals surface area contributed by atoms with E-state index in [0.717, 1.165) is 24.4 Å². The van der Waals surface area contributed by atoms with Crippen LogP contribution in [-0.4, -0.2) is 40.9 Å². The summed E-state index contributed by atoms with van der Waals surface area (Å²) in [6.07, 6.45) is 4.19. The Kier molecular flexibility index (Phi) is 3.16. The number of hydrogen-bond acceptors (Lipinski definition) is 2. The first kappa shape index (κ1) is 13.2. The van der Waals surface area contributed by atoms with Gasteiger partial charge in [0.2, 0.25) is 0 Å². The van der Waals surface area contributed by atoms with E-state index in [2.05, 4.69) is 10.2 Å². The van der Waals surface area contributed by atoms with Gasteiger partial charge in [0.15, 0.2) is 0 Å². The predicted octanol–water partition coefficient (Wildman–Crippen LogP) is 2.42. The second kappa shape index (κ2) is 5.04. The summed E-state index contributed by atoms with van der Waals surface area (Å²) in [7, 11) is 0. The molecular formula is C16H18ClN3O. The van der Waals surface area contributed by atoms with E-state index in [1.165, 1.54) is 19.5 Å². The minimum absolute atomic E-state index is 0.00540. The minimum atomic E-state index is -0.00540. The normalized spacial score (nSPS) is 28.0. The highest BCUT2D eigenvalue weighted by atomic mass is 35.5. The van der Waals surface area contributed by atoms with Gasteiger partial charge in [0.05, 0.1) is 5.56 Å². The van der Waals surface area contributed by atoms with Gasteiger partial charge in [-0.15, -0.1) is 0 Å². The molecule has 110 valence electrons. The molecule has 0 aromatic carbocycles. The Bertz CT molecular complexity index is 684. The van der Waals surface area contributed by atoms with Crippen LogP contribution < -0.4 is 5.32 Å². The maximum atomic E-state index is 12.4. The minimum Gasteiger partial charge on any atom is -0.348 e. The molecule has 2 unspecified atom stereocenters. The van der Waals surface area contributed by atoms with Gasteiger partial charge < -0.3 is 14.6 Å². The van der Waals surface area contributed by atoms with Gasteiger partial charge >= 0.3 is 0 Å². The maximum Gasteiger partial charge on any atom is 0.253 e. The highest BCUT2D eigenvalue weighted by Gasteiger charge is 2.32. The Hall–Kier alpha value is -1.52. The molecule has 2 aromatic heterocycles. The number of hydrogen-bond donors (Lipinski definition) is 1.